The summed E-state index contributed by atoms with van der Waals surface area (Å²) in [6.07, 6.45) is -0.666. The highest BCUT2D eigenvalue weighted by atomic mass is 16.5. The van der Waals surface area contributed by atoms with Crippen LogP contribution in [0.3, 0.4) is 0 Å². The van der Waals surface area contributed by atoms with Gasteiger partial charge in [0.05, 0.1) is 0 Å². The van der Waals surface area contributed by atoms with Gasteiger partial charge < -0.3 is 10.1 Å². The van der Waals surface area contributed by atoms with Crippen molar-refractivity contribution in [1.29, 1.82) is 0 Å². The minimum Gasteiger partial charge on any atom is -0.434 e. The van der Waals surface area contributed by atoms with Gasteiger partial charge in [-0.15, -0.1) is 0 Å². The minimum atomic E-state index is -0.666. The minimum absolute atomic E-state index is 0.284. The zero-order valence-corrected chi connectivity index (χ0v) is 7.69. The molecule has 0 fully saturated rings. The Morgan fingerprint density at radius 1 is 1.43 bits per heavy atom. The predicted octanol–water partition coefficient (Wildman–Crippen LogP) is 0.846. The Hall–Kier alpha value is -1.84. The van der Waals surface area contributed by atoms with Gasteiger partial charge in [-0.2, -0.15) is 0 Å². The number of amides is 1. The van der Waals surface area contributed by atoms with Gasteiger partial charge in [0.25, 0.3) is 5.91 Å². The van der Waals surface area contributed by atoms with Crippen molar-refractivity contribution in [3.8, 4) is 0 Å². The van der Waals surface area contributed by atoms with Crippen LogP contribution in [-0.4, -0.2) is 18.6 Å². The summed E-state index contributed by atoms with van der Waals surface area (Å²) < 4.78 is 4.40. The first-order chi connectivity index (χ1) is 6.74. The first-order valence-corrected chi connectivity index (χ1v) is 4.12. The van der Waals surface area contributed by atoms with E-state index in [4.69, 9.17) is 0 Å². The smallest absolute Gasteiger partial charge is 0.419 e. The van der Waals surface area contributed by atoms with Crippen molar-refractivity contribution in [3.63, 3.8) is 0 Å². The first kappa shape index (κ1) is 10.2. The predicted molar refractivity (Wildman–Crippen MR) is 50.1 cm³/mol. The topological polar surface area (TPSA) is 55.4 Å². The fourth-order valence-corrected chi connectivity index (χ4v) is 0.959. The van der Waals surface area contributed by atoms with E-state index in [0.717, 1.165) is 0 Å². The van der Waals surface area contributed by atoms with Crippen LogP contribution in [0, 0.1) is 0 Å². The van der Waals surface area contributed by atoms with Crippen molar-refractivity contribution in [3.05, 3.63) is 35.9 Å². The van der Waals surface area contributed by atoms with E-state index in [-0.39, 0.29) is 5.91 Å². The Kier molecular flexibility index (Phi) is 3.67. The summed E-state index contributed by atoms with van der Waals surface area (Å²) >= 11 is 0. The maximum Gasteiger partial charge on any atom is 0.419 e. The van der Waals surface area contributed by atoms with Crippen molar-refractivity contribution in [2.45, 2.75) is 13.2 Å². The molecule has 0 aromatic heterocycles. The van der Waals surface area contributed by atoms with E-state index >= 15 is 0 Å². The summed E-state index contributed by atoms with van der Waals surface area (Å²) in [6, 6.07) is 8.67. The van der Waals surface area contributed by atoms with Crippen molar-refractivity contribution >= 4 is 12.4 Å². The molecular weight excluding hydrogens is 182 g/mol. The molecular formula is C10H10NO3. The Bertz CT molecular complexity index is 310. The molecule has 0 aliphatic heterocycles. The van der Waals surface area contributed by atoms with Crippen LogP contribution in [0.15, 0.2) is 30.3 Å². The molecule has 4 heteroatoms. The van der Waals surface area contributed by atoms with E-state index in [1.807, 2.05) is 6.07 Å². The summed E-state index contributed by atoms with van der Waals surface area (Å²) in [5.41, 5.74) is 0.522. The Morgan fingerprint density at radius 2 is 2.07 bits per heavy atom. The summed E-state index contributed by atoms with van der Waals surface area (Å²) in [5.74, 6) is -0.284. The monoisotopic (exact) mass is 192 g/mol. The first-order valence-electron chi connectivity index (χ1n) is 4.12. The van der Waals surface area contributed by atoms with Gasteiger partial charge in [0, 0.05) is 5.56 Å². The second-order valence-corrected chi connectivity index (χ2v) is 2.68. The molecule has 1 rings (SSSR count). The number of hydrogen-bond acceptors (Lipinski definition) is 3. The van der Waals surface area contributed by atoms with E-state index in [9.17, 15) is 9.59 Å². The Labute approximate surface area is 81.9 Å². The van der Waals surface area contributed by atoms with Crippen molar-refractivity contribution in [1.82, 2.24) is 5.32 Å². The van der Waals surface area contributed by atoms with Gasteiger partial charge >= 0.3 is 6.47 Å². The lowest BCUT2D eigenvalue weighted by Crippen LogP contribution is -2.34. The molecule has 0 bridgehead atoms. The number of carbonyl (C=O) groups excluding carboxylic acids is 2. The highest BCUT2D eigenvalue weighted by Crippen LogP contribution is 1.98. The molecule has 4 nitrogen and oxygen atoms in total. The van der Waals surface area contributed by atoms with Gasteiger partial charge in [-0.1, -0.05) is 18.2 Å². The van der Waals surface area contributed by atoms with Gasteiger partial charge in [-0.3, -0.25) is 4.79 Å². The molecule has 1 unspecified atom stereocenters. The quantitative estimate of drug-likeness (QED) is 0.719. The number of carbonyl (C=O) groups is 1. The molecule has 0 saturated carbocycles. The van der Waals surface area contributed by atoms with Crippen LogP contribution in [0.4, 0.5) is 0 Å². The lowest BCUT2D eigenvalue weighted by Gasteiger charge is -2.10. The zero-order chi connectivity index (χ0) is 10.4. The molecule has 0 heterocycles. The van der Waals surface area contributed by atoms with E-state index < -0.39 is 6.23 Å². The third-order valence-corrected chi connectivity index (χ3v) is 1.60. The van der Waals surface area contributed by atoms with Crippen LogP contribution < -0.4 is 5.32 Å². The summed E-state index contributed by atoms with van der Waals surface area (Å²) in [6.45, 7) is 2.81. The van der Waals surface area contributed by atoms with Crippen molar-refractivity contribution in [2.24, 2.45) is 0 Å². The molecule has 73 valence electrons. The third kappa shape index (κ3) is 2.90. The maximum absolute atomic E-state index is 11.4. The average Bonchev–Trinajstić information content (AvgIpc) is 2.19. The van der Waals surface area contributed by atoms with Crippen molar-refractivity contribution in [2.75, 3.05) is 0 Å². The fraction of sp³-hybridized carbons (Fsp3) is 0.200. The highest BCUT2D eigenvalue weighted by molar-refractivity contribution is 5.94. The molecule has 14 heavy (non-hydrogen) atoms. The zero-order valence-electron chi connectivity index (χ0n) is 7.69. The standard InChI is InChI=1S/C10H10NO3/c1-8(14-7-12)11-10(13)9-5-3-2-4-6-9/h2-6,8H,1H3,(H,11,13). The number of hydrogen-bond donors (Lipinski definition) is 1. The van der Waals surface area contributed by atoms with Crippen LogP contribution in [-0.2, 0) is 9.53 Å². The second kappa shape index (κ2) is 5.01. The molecule has 0 aliphatic carbocycles. The number of ether oxygens (including phenoxy) is 1. The summed E-state index contributed by atoms with van der Waals surface area (Å²) in [4.78, 5) is 21.2. The number of benzene rings is 1. The molecule has 1 N–H and O–H groups in total. The van der Waals surface area contributed by atoms with Gasteiger partial charge in [0.15, 0.2) is 6.23 Å². The maximum atomic E-state index is 11.4. The van der Waals surface area contributed by atoms with Crippen LogP contribution in [0.2, 0.25) is 0 Å². The summed E-state index contributed by atoms with van der Waals surface area (Å²) in [7, 11) is 0. The lowest BCUT2D eigenvalue weighted by atomic mass is 10.2. The lowest BCUT2D eigenvalue weighted by molar-refractivity contribution is 0.0831. The van der Waals surface area contributed by atoms with Gasteiger partial charge in [-0.25, -0.2) is 4.79 Å². The van der Waals surface area contributed by atoms with Crippen LogP contribution in [0.1, 0.15) is 17.3 Å². The summed E-state index contributed by atoms with van der Waals surface area (Å²) in [5, 5.41) is 2.47. The van der Waals surface area contributed by atoms with E-state index in [1.165, 1.54) is 6.47 Å². The van der Waals surface area contributed by atoms with Gasteiger partial charge in [0.2, 0.25) is 0 Å². The third-order valence-electron chi connectivity index (χ3n) is 1.60. The van der Waals surface area contributed by atoms with Crippen molar-refractivity contribution < 1.29 is 14.3 Å². The molecule has 1 atom stereocenters. The van der Waals surface area contributed by atoms with E-state index in [2.05, 4.69) is 10.1 Å². The molecule has 1 amide bonds. The van der Waals surface area contributed by atoms with Crippen LogP contribution in [0.5, 0.6) is 0 Å². The number of nitrogens with one attached hydrogen (secondary N) is 1. The highest BCUT2D eigenvalue weighted by Gasteiger charge is 2.08. The normalized spacial score (nSPS) is 11.5. The average molecular weight is 192 g/mol. The second-order valence-electron chi connectivity index (χ2n) is 2.68. The van der Waals surface area contributed by atoms with Gasteiger partial charge in [-0.05, 0) is 19.1 Å². The molecule has 0 spiro atoms. The van der Waals surface area contributed by atoms with Crippen LogP contribution >= 0.6 is 0 Å². The Morgan fingerprint density at radius 3 is 2.64 bits per heavy atom. The molecule has 0 saturated heterocycles. The van der Waals surface area contributed by atoms with Gasteiger partial charge in [0.1, 0.15) is 0 Å². The van der Waals surface area contributed by atoms with Crippen LogP contribution in [0.25, 0.3) is 0 Å². The van der Waals surface area contributed by atoms with E-state index in [1.54, 1.807) is 31.2 Å². The van der Waals surface area contributed by atoms with E-state index in [0.29, 0.717) is 5.56 Å². The molecule has 1 aromatic rings. The number of rotatable bonds is 4. The Balaban J connectivity index is 2.55. The molecule has 1 radical (unpaired) electrons. The molecule has 1 aromatic carbocycles. The SMILES string of the molecule is CC(NC(=O)c1ccccc1)O[C]=O. The fourth-order valence-electron chi connectivity index (χ4n) is 0.959. The molecule has 0 aliphatic rings. The largest absolute Gasteiger partial charge is 0.434 e.